The molecule has 2 fully saturated rings. The lowest BCUT2D eigenvalue weighted by atomic mass is 9.95. The van der Waals surface area contributed by atoms with Crippen molar-refractivity contribution >= 4 is 33.6 Å². The summed E-state index contributed by atoms with van der Waals surface area (Å²) in [5.41, 5.74) is 1.02. The van der Waals surface area contributed by atoms with Crippen LogP contribution < -0.4 is 5.32 Å². The number of sulfonamides is 1. The number of benzene rings is 2. The lowest BCUT2D eigenvalue weighted by Gasteiger charge is -2.30. The van der Waals surface area contributed by atoms with Crippen molar-refractivity contribution in [3.63, 3.8) is 0 Å². The fraction of sp³-hybridized carbons (Fsp3) is 0.360. The molecular formula is C25H29N3O5S. The Morgan fingerprint density at radius 3 is 2.32 bits per heavy atom. The highest BCUT2D eigenvalue weighted by Crippen LogP contribution is 2.30. The van der Waals surface area contributed by atoms with Gasteiger partial charge in [0.25, 0.3) is 0 Å². The van der Waals surface area contributed by atoms with Gasteiger partial charge in [-0.1, -0.05) is 30.3 Å². The fourth-order valence-corrected chi connectivity index (χ4v) is 5.83. The van der Waals surface area contributed by atoms with Crippen molar-refractivity contribution in [2.45, 2.75) is 30.6 Å². The molecule has 0 saturated carbocycles. The van der Waals surface area contributed by atoms with Gasteiger partial charge < -0.3 is 15.3 Å². The van der Waals surface area contributed by atoms with Crippen LogP contribution in [-0.2, 0) is 19.6 Å². The topological polar surface area (TPSA) is 107 Å². The molecule has 2 saturated heterocycles. The highest BCUT2D eigenvalue weighted by molar-refractivity contribution is 7.89. The van der Waals surface area contributed by atoms with Gasteiger partial charge in [0.2, 0.25) is 21.8 Å². The Balaban J connectivity index is 1.35. The summed E-state index contributed by atoms with van der Waals surface area (Å²) in [5, 5.41) is 12.9. The minimum atomic E-state index is -3.66. The van der Waals surface area contributed by atoms with Crippen LogP contribution in [0, 0.1) is 5.92 Å². The van der Waals surface area contributed by atoms with Gasteiger partial charge in [0.15, 0.2) is 0 Å². The lowest BCUT2D eigenvalue weighted by molar-refractivity contribution is -0.130. The molecule has 9 heteroatoms. The average Bonchev–Trinajstić information content (AvgIpc) is 3.40. The van der Waals surface area contributed by atoms with Gasteiger partial charge in [-0.3, -0.25) is 9.59 Å². The van der Waals surface area contributed by atoms with Crippen LogP contribution in [0.5, 0.6) is 5.75 Å². The summed E-state index contributed by atoms with van der Waals surface area (Å²) >= 11 is 0. The number of nitrogens with one attached hydrogen (secondary N) is 1. The van der Waals surface area contributed by atoms with Crippen LogP contribution >= 0.6 is 0 Å². The zero-order chi connectivity index (χ0) is 24.1. The zero-order valence-electron chi connectivity index (χ0n) is 18.9. The van der Waals surface area contributed by atoms with E-state index in [2.05, 4.69) is 5.32 Å². The second-order valence-electron chi connectivity index (χ2n) is 8.62. The van der Waals surface area contributed by atoms with E-state index < -0.39 is 10.0 Å². The van der Waals surface area contributed by atoms with Gasteiger partial charge in [0, 0.05) is 38.2 Å². The highest BCUT2D eigenvalue weighted by atomic mass is 32.2. The summed E-state index contributed by atoms with van der Waals surface area (Å²) in [6, 6.07) is 13.5. The molecule has 8 nitrogen and oxygen atoms in total. The molecule has 0 radical (unpaired) electrons. The summed E-state index contributed by atoms with van der Waals surface area (Å²) in [5.74, 6) is -0.911. The number of anilines is 1. The smallest absolute Gasteiger partial charge is 0.246 e. The maximum absolute atomic E-state index is 12.8. The van der Waals surface area contributed by atoms with Crippen LogP contribution in [-0.4, -0.2) is 60.7 Å². The Morgan fingerprint density at radius 2 is 1.65 bits per heavy atom. The van der Waals surface area contributed by atoms with Crippen LogP contribution in [0.2, 0.25) is 0 Å². The molecule has 2 amide bonds. The molecule has 2 aromatic carbocycles. The van der Waals surface area contributed by atoms with Gasteiger partial charge in [0.1, 0.15) is 5.75 Å². The summed E-state index contributed by atoms with van der Waals surface area (Å²) in [7, 11) is -3.66. The third-order valence-electron chi connectivity index (χ3n) is 6.32. The Morgan fingerprint density at radius 1 is 0.971 bits per heavy atom. The molecule has 2 aliphatic rings. The number of amides is 2. The van der Waals surface area contributed by atoms with Crippen molar-refractivity contribution in [1.29, 1.82) is 0 Å². The molecule has 0 aromatic heterocycles. The number of likely N-dealkylation sites (tertiary alicyclic amines) is 1. The lowest BCUT2D eigenvalue weighted by Crippen LogP contribution is -2.40. The molecule has 2 aliphatic heterocycles. The van der Waals surface area contributed by atoms with Gasteiger partial charge in [-0.25, -0.2) is 8.42 Å². The van der Waals surface area contributed by atoms with Crippen LogP contribution in [0.4, 0.5) is 5.69 Å². The van der Waals surface area contributed by atoms with E-state index in [9.17, 15) is 23.1 Å². The average molecular weight is 484 g/mol. The van der Waals surface area contributed by atoms with E-state index >= 15 is 0 Å². The maximum atomic E-state index is 12.8. The molecule has 2 heterocycles. The van der Waals surface area contributed by atoms with Crippen molar-refractivity contribution in [3.8, 4) is 5.75 Å². The molecule has 2 aromatic rings. The molecule has 0 atom stereocenters. The molecule has 4 rings (SSSR count). The standard InChI is InChI=1S/C25H29N3O5S/c29-23-10-9-21(34(32,33)28-14-4-5-15-28)18-22(23)26-25(31)20-12-16-27(17-13-20)24(30)11-8-19-6-2-1-3-7-19/h1-3,6-11,18,20,29H,4-5,12-17H2,(H,26,31)/b11-8+. The van der Waals surface area contributed by atoms with E-state index in [4.69, 9.17) is 0 Å². The second kappa shape index (κ2) is 10.4. The minimum absolute atomic E-state index is 0.0492. The zero-order valence-corrected chi connectivity index (χ0v) is 19.7. The van der Waals surface area contributed by atoms with Gasteiger partial charge in [-0.05, 0) is 55.5 Å². The van der Waals surface area contributed by atoms with Crippen molar-refractivity contribution in [3.05, 3.63) is 60.2 Å². The van der Waals surface area contributed by atoms with Gasteiger partial charge in [-0.15, -0.1) is 0 Å². The molecular weight excluding hydrogens is 454 g/mol. The van der Waals surface area contributed by atoms with Crippen LogP contribution in [0.3, 0.4) is 0 Å². The molecule has 0 spiro atoms. The SMILES string of the molecule is O=C(Nc1cc(S(=O)(=O)N2CCCC2)ccc1O)C1CCN(C(=O)/C=C/c2ccccc2)CC1. The monoisotopic (exact) mass is 483 g/mol. The van der Waals surface area contributed by atoms with Crippen molar-refractivity contribution in [2.75, 3.05) is 31.5 Å². The van der Waals surface area contributed by atoms with Gasteiger partial charge in [0.05, 0.1) is 10.6 Å². The third kappa shape index (κ3) is 5.48. The first-order chi connectivity index (χ1) is 16.3. The van der Waals surface area contributed by atoms with Crippen molar-refractivity contribution in [2.24, 2.45) is 5.92 Å². The van der Waals surface area contributed by atoms with Crippen molar-refractivity contribution in [1.82, 2.24) is 9.21 Å². The number of carbonyl (C=O) groups excluding carboxylic acids is 2. The maximum Gasteiger partial charge on any atom is 0.246 e. The number of phenolic OH excluding ortho intramolecular Hbond substituents is 1. The van der Waals surface area contributed by atoms with Gasteiger partial charge in [-0.2, -0.15) is 4.31 Å². The molecule has 2 N–H and O–H groups in total. The number of nitrogens with zero attached hydrogens (tertiary/aromatic N) is 2. The number of rotatable bonds is 6. The minimum Gasteiger partial charge on any atom is -0.506 e. The predicted octanol–water partition coefficient (Wildman–Crippen LogP) is 3.07. The highest BCUT2D eigenvalue weighted by Gasteiger charge is 2.29. The van der Waals surface area contributed by atoms with Crippen LogP contribution in [0.15, 0.2) is 59.5 Å². The summed E-state index contributed by atoms with van der Waals surface area (Å²) < 4.78 is 27.1. The number of phenols is 1. The summed E-state index contributed by atoms with van der Waals surface area (Å²) in [6.45, 7) is 1.85. The van der Waals surface area contributed by atoms with E-state index in [0.29, 0.717) is 39.0 Å². The Kier molecular flexibility index (Phi) is 7.33. The normalized spacial score (nSPS) is 17.8. The first-order valence-corrected chi connectivity index (χ1v) is 12.9. The molecule has 34 heavy (non-hydrogen) atoms. The van der Waals surface area contributed by atoms with Crippen LogP contribution in [0.1, 0.15) is 31.2 Å². The Bertz CT molecular complexity index is 1170. The first-order valence-electron chi connectivity index (χ1n) is 11.5. The number of carbonyl (C=O) groups is 2. The summed E-state index contributed by atoms with van der Waals surface area (Å²) in [6.07, 6.45) is 5.94. The van der Waals surface area contributed by atoms with E-state index in [1.165, 1.54) is 22.5 Å². The van der Waals surface area contributed by atoms with Crippen molar-refractivity contribution < 1.29 is 23.1 Å². The molecule has 0 unspecified atom stereocenters. The molecule has 180 valence electrons. The Labute approximate surface area is 199 Å². The van der Waals surface area contributed by atoms with E-state index in [1.54, 1.807) is 17.1 Å². The molecule has 0 aliphatic carbocycles. The van der Waals surface area contributed by atoms with E-state index in [1.807, 2.05) is 30.3 Å². The first kappa shape index (κ1) is 24.0. The number of hydrogen-bond acceptors (Lipinski definition) is 5. The van der Waals surface area contributed by atoms with E-state index in [0.717, 1.165) is 18.4 Å². The molecule has 0 bridgehead atoms. The summed E-state index contributed by atoms with van der Waals surface area (Å²) in [4.78, 5) is 27.1. The Hall–Kier alpha value is -3.17. The third-order valence-corrected chi connectivity index (χ3v) is 8.22. The van der Waals surface area contributed by atoms with Crippen LogP contribution in [0.25, 0.3) is 6.08 Å². The number of aromatic hydroxyl groups is 1. The fourth-order valence-electron chi connectivity index (χ4n) is 4.29. The number of piperidine rings is 1. The van der Waals surface area contributed by atoms with E-state index in [-0.39, 0.29) is 34.1 Å². The number of hydrogen-bond donors (Lipinski definition) is 2. The largest absolute Gasteiger partial charge is 0.506 e. The van der Waals surface area contributed by atoms with Gasteiger partial charge >= 0.3 is 0 Å². The quantitative estimate of drug-likeness (QED) is 0.485. The second-order valence-corrected chi connectivity index (χ2v) is 10.6. The predicted molar refractivity (Wildman–Crippen MR) is 130 cm³/mol.